The zero-order valence-corrected chi connectivity index (χ0v) is 8.19. The Morgan fingerprint density at radius 2 is 1.00 bits per heavy atom. The molecule has 0 fully saturated rings. The van der Waals surface area contributed by atoms with Gasteiger partial charge >= 0.3 is 49.0 Å². The van der Waals surface area contributed by atoms with Crippen LogP contribution in [0.15, 0.2) is 0 Å². The third-order valence-corrected chi connectivity index (χ3v) is 0. The van der Waals surface area contributed by atoms with Gasteiger partial charge in [0.05, 0.1) is 0 Å². The second kappa shape index (κ2) is 21.1. The average molecular weight is 143 g/mol. The molecule has 0 aliphatic carbocycles. The van der Waals surface area contributed by atoms with Crippen LogP contribution in [-0.2, 0) is 19.5 Å². The largest absolute Gasteiger partial charge is 2.00 e. The van der Waals surface area contributed by atoms with Crippen molar-refractivity contribution >= 4 is 0 Å². The van der Waals surface area contributed by atoms with Crippen molar-refractivity contribution in [3.8, 4) is 0 Å². The van der Waals surface area contributed by atoms with Crippen LogP contribution >= 0.6 is 0 Å². The Morgan fingerprint density at radius 1 is 1.00 bits per heavy atom. The van der Waals surface area contributed by atoms with E-state index in [1.54, 1.807) is 0 Å². The van der Waals surface area contributed by atoms with Crippen molar-refractivity contribution in [1.29, 1.82) is 0 Å². The summed E-state index contributed by atoms with van der Waals surface area (Å²) in [6.07, 6.45) is 0. The minimum Gasteiger partial charge on any atom is -1.00 e. The molecule has 0 aliphatic rings. The molecule has 0 nitrogen and oxygen atoms in total. The molecule has 4 heteroatoms. The molecule has 0 spiro atoms. The van der Waals surface area contributed by atoms with Crippen molar-refractivity contribution in [2.24, 2.45) is 0 Å². The first-order valence-corrected chi connectivity index (χ1v) is 0. The maximum Gasteiger partial charge on any atom is 2.00 e. The Morgan fingerprint density at radius 3 is 1.00 bits per heavy atom. The molecule has 0 bridgehead atoms. The van der Waals surface area contributed by atoms with Gasteiger partial charge in [-0.25, -0.2) is 0 Å². The van der Waals surface area contributed by atoms with E-state index < -0.39 is 0 Å². The third-order valence-electron chi connectivity index (χ3n) is 0. The van der Waals surface area contributed by atoms with Crippen molar-refractivity contribution in [2.45, 2.75) is 0 Å². The standard InChI is InChI=1S/ClH.FH.Na.Zn/h2*1H;;/q;;+1;+2/p-2. The van der Waals surface area contributed by atoms with Crippen LogP contribution in [0, 0.1) is 0 Å². The van der Waals surface area contributed by atoms with Gasteiger partial charge in [-0.3, -0.25) is 0 Å². The zero-order valence-electron chi connectivity index (χ0n) is 2.46. The molecule has 0 saturated heterocycles. The number of hydrogen-bond donors (Lipinski definition) is 0. The van der Waals surface area contributed by atoms with Crippen molar-refractivity contribution in [3.05, 3.63) is 0 Å². The fraction of sp³-hybridized carbons (Fsp3) is 0. The fourth-order valence-corrected chi connectivity index (χ4v) is 0. The summed E-state index contributed by atoms with van der Waals surface area (Å²) in [6.45, 7) is 0. The summed E-state index contributed by atoms with van der Waals surface area (Å²) >= 11 is 0. The van der Waals surface area contributed by atoms with Crippen molar-refractivity contribution in [1.82, 2.24) is 0 Å². The van der Waals surface area contributed by atoms with Gasteiger partial charge in [0.1, 0.15) is 0 Å². The maximum atomic E-state index is 0. The molecular weight excluding hydrogens is 143 g/mol. The Balaban J connectivity index is 0. The summed E-state index contributed by atoms with van der Waals surface area (Å²) in [4.78, 5) is 0. The molecule has 0 atom stereocenters. The molecule has 16 valence electrons. The van der Waals surface area contributed by atoms with Gasteiger partial charge in [0, 0.05) is 0 Å². The van der Waals surface area contributed by atoms with E-state index in [0.29, 0.717) is 0 Å². The minimum atomic E-state index is 0. The van der Waals surface area contributed by atoms with Crippen LogP contribution in [-0.4, -0.2) is 0 Å². The van der Waals surface area contributed by atoms with E-state index in [9.17, 15) is 0 Å². The van der Waals surface area contributed by atoms with Gasteiger partial charge in [0.25, 0.3) is 0 Å². The molecule has 0 aromatic heterocycles. The van der Waals surface area contributed by atoms with E-state index >= 15 is 0 Å². The first kappa shape index (κ1) is 40.3. The molecule has 0 heterocycles. The van der Waals surface area contributed by atoms with Crippen LogP contribution < -0.4 is 46.7 Å². The molecule has 0 unspecified atom stereocenters. The Bertz CT molecular complexity index is 8.00. The molecule has 0 amide bonds. The van der Waals surface area contributed by atoms with E-state index in [0.717, 1.165) is 0 Å². The topological polar surface area (TPSA) is 0 Å². The van der Waals surface area contributed by atoms with E-state index in [1.165, 1.54) is 0 Å². The van der Waals surface area contributed by atoms with Gasteiger partial charge in [-0.15, -0.1) is 0 Å². The quantitative estimate of drug-likeness (QED) is 0.295. The van der Waals surface area contributed by atoms with E-state index in [2.05, 4.69) is 0 Å². The summed E-state index contributed by atoms with van der Waals surface area (Å²) in [5.41, 5.74) is 0. The van der Waals surface area contributed by atoms with E-state index in [4.69, 9.17) is 0 Å². The molecule has 0 radical (unpaired) electrons. The Hall–Kier alpha value is 1.84. The third kappa shape index (κ3) is 9.14. The SMILES string of the molecule is [Cl-].[F-].[Na+].[Zn+2]. The second-order valence-electron chi connectivity index (χ2n) is 0. The van der Waals surface area contributed by atoms with Crippen molar-refractivity contribution in [2.75, 3.05) is 0 Å². The van der Waals surface area contributed by atoms with Crippen LogP contribution in [0.2, 0.25) is 0 Å². The van der Waals surface area contributed by atoms with Crippen LogP contribution in [0.4, 0.5) is 0 Å². The van der Waals surface area contributed by atoms with E-state index in [-0.39, 0.29) is 66.1 Å². The first-order valence-electron chi connectivity index (χ1n) is 0. The summed E-state index contributed by atoms with van der Waals surface area (Å²) in [5, 5.41) is 0. The molecule has 0 rings (SSSR count). The molecule has 4 heavy (non-hydrogen) atoms. The van der Waals surface area contributed by atoms with E-state index in [1.807, 2.05) is 0 Å². The number of halogens is 2. The Labute approximate surface area is 65.5 Å². The fourth-order valence-electron chi connectivity index (χ4n) is 0. The summed E-state index contributed by atoms with van der Waals surface area (Å²) < 4.78 is 0. The monoisotopic (exact) mass is 141 g/mol. The molecular formula is ClFNaZn+. The summed E-state index contributed by atoms with van der Waals surface area (Å²) in [7, 11) is 0. The van der Waals surface area contributed by atoms with Gasteiger partial charge in [-0.2, -0.15) is 0 Å². The second-order valence-corrected chi connectivity index (χ2v) is 0. The van der Waals surface area contributed by atoms with Crippen LogP contribution in [0.25, 0.3) is 0 Å². The molecule has 0 aliphatic heterocycles. The van der Waals surface area contributed by atoms with Crippen LogP contribution in [0.1, 0.15) is 0 Å². The number of hydrogen-bond acceptors (Lipinski definition) is 0. The smallest absolute Gasteiger partial charge is 1.00 e. The van der Waals surface area contributed by atoms with Gasteiger partial charge in [0.15, 0.2) is 0 Å². The predicted octanol–water partition coefficient (Wildman–Crippen LogP) is -8.99. The summed E-state index contributed by atoms with van der Waals surface area (Å²) in [6, 6.07) is 0. The van der Waals surface area contributed by atoms with Crippen LogP contribution in [0.5, 0.6) is 0 Å². The van der Waals surface area contributed by atoms with Gasteiger partial charge in [-0.05, 0) is 0 Å². The van der Waals surface area contributed by atoms with Gasteiger partial charge < -0.3 is 17.1 Å². The molecule has 0 saturated carbocycles. The molecule has 0 N–H and O–H groups in total. The number of rotatable bonds is 0. The molecule has 0 aromatic carbocycles. The maximum absolute atomic E-state index is 0. The normalized spacial score (nSPS) is 0. The van der Waals surface area contributed by atoms with Gasteiger partial charge in [0.2, 0.25) is 0 Å². The van der Waals surface area contributed by atoms with Crippen molar-refractivity contribution < 1.29 is 66.1 Å². The minimum absolute atomic E-state index is 0. The predicted molar refractivity (Wildman–Crippen MR) is 0 cm³/mol. The zero-order chi connectivity index (χ0) is 0. The van der Waals surface area contributed by atoms with Crippen LogP contribution in [0.3, 0.4) is 0 Å². The summed E-state index contributed by atoms with van der Waals surface area (Å²) in [5.74, 6) is 0. The van der Waals surface area contributed by atoms with Gasteiger partial charge in [-0.1, -0.05) is 0 Å². The first-order chi connectivity index (χ1) is 0. The van der Waals surface area contributed by atoms with Crippen molar-refractivity contribution in [3.63, 3.8) is 0 Å². The molecule has 0 aromatic rings. The average Bonchev–Trinajstić information content (AvgIpc) is 0. The Kier molecular flexibility index (Phi) is 212.